The maximum Gasteiger partial charge on any atom is 0.270 e. The van der Waals surface area contributed by atoms with E-state index >= 15 is 0 Å². The van der Waals surface area contributed by atoms with Crippen LogP contribution in [0.25, 0.3) is 11.0 Å². The largest absolute Gasteiger partial charge is 0.319 e. The number of nitrogens with zero attached hydrogens (tertiary/aromatic N) is 1. The Morgan fingerprint density at radius 2 is 1.95 bits per heavy atom. The molecular weight excluding hydrogens is 300 g/mol. The van der Waals surface area contributed by atoms with E-state index < -0.39 is 5.92 Å². The fraction of sp³-hybridized carbons (Fsp3) is 0.118. The summed E-state index contributed by atoms with van der Waals surface area (Å²) in [6, 6.07) is 12.6. The molecule has 0 saturated carbocycles. The molecule has 5 heteroatoms. The number of carbonyl (C=O) groups excluding carboxylic acids is 1. The summed E-state index contributed by atoms with van der Waals surface area (Å²) in [5, 5.41) is 0.530. The minimum absolute atomic E-state index is 0.0399. The maximum atomic E-state index is 12.5. The quantitative estimate of drug-likeness (QED) is 0.751. The molecule has 1 aromatic heterocycles. The number of benzene rings is 2. The van der Waals surface area contributed by atoms with Crippen molar-refractivity contribution in [2.75, 3.05) is 0 Å². The summed E-state index contributed by atoms with van der Waals surface area (Å²) in [6.07, 6.45) is 0.518. The number of fused-ring (bicyclic) bond motifs is 2. The van der Waals surface area contributed by atoms with Crippen LogP contribution in [0, 0.1) is 0 Å². The average Bonchev–Trinajstić information content (AvgIpc) is 2.84. The second-order valence-corrected chi connectivity index (χ2v) is 5.83. The minimum atomic E-state index is -0.513. The molecule has 2 aromatic carbocycles. The Hall–Kier alpha value is -2.46. The summed E-state index contributed by atoms with van der Waals surface area (Å²) in [6.45, 7) is 0. The Balaban J connectivity index is 1.86. The zero-order valence-corrected chi connectivity index (χ0v) is 12.2. The van der Waals surface area contributed by atoms with Gasteiger partial charge in [-0.2, -0.15) is 0 Å². The van der Waals surface area contributed by atoms with Crippen LogP contribution in [0.2, 0.25) is 5.02 Å². The van der Waals surface area contributed by atoms with Crippen LogP contribution in [0.4, 0.5) is 0 Å². The third-order valence-corrected chi connectivity index (χ3v) is 4.27. The number of hydrogen-bond donors (Lipinski definition) is 1. The highest BCUT2D eigenvalue weighted by molar-refractivity contribution is 6.31. The number of Topliss-reactive ketones (excluding diaryl/α,β-unsaturated/α-hetero) is 1. The van der Waals surface area contributed by atoms with Crippen LogP contribution in [0.1, 0.15) is 27.5 Å². The number of hydrogen-bond acceptors (Lipinski definition) is 3. The zero-order valence-electron chi connectivity index (χ0n) is 11.5. The van der Waals surface area contributed by atoms with Crippen molar-refractivity contribution in [2.45, 2.75) is 12.3 Å². The molecule has 3 aromatic rings. The molecule has 0 radical (unpaired) electrons. The summed E-state index contributed by atoms with van der Waals surface area (Å²) >= 11 is 5.92. The number of carbonyl (C=O) groups is 1. The second-order valence-electron chi connectivity index (χ2n) is 5.39. The number of rotatable bonds is 1. The predicted octanol–water partition coefficient (Wildman–Crippen LogP) is 3.10. The van der Waals surface area contributed by atoms with Crippen molar-refractivity contribution in [1.29, 1.82) is 0 Å². The van der Waals surface area contributed by atoms with E-state index in [1.165, 1.54) is 0 Å². The summed E-state index contributed by atoms with van der Waals surface area (Å²) < 4.78 is 0. The first kappa shape index (κ1) is 13.2. The highest BCUT2D eigenvalue weighted by atomic mass is 35.5. The first-order valence-corrected chi connectivity index (χ1v) is 7.33. The SMILES string of the molecule is O=C1c2ccccc2C[C@@H]1c1nc2ccc(Cl)cc2[nH]c1=O. The third-order valence-electron chi connectivity index (χ3n) is 4.03. The van der Waals surface area contributed by atoms with Gasteiger partial charge in [0.15, 0.2) is 5.78 Å². The lowest BCUT2D eigenvalue weighted by atomic mass is 10.0. The van der Waals surface area contributed by atoms with Crippen LogP contribution >= 0.6 is 11.6 Å². The number of nitrogens with one attached hydrogen (secondary N) is 1. The van der Waals surface area contributed by atoms with E-state index in [2.05, 4.69) is 9.97 Å². The molecule has 4 rings (SSSR count). The first-order valence-electron chi connectivity index (χ1n) is 6.95. The molecule has 22 heavy (non-hydrogen) atoms. The van der Waals surface area contributed by atoms with Crippen LogP contribution in [-0.4, -0.2) is 15.8 Å². The Morgan fingerprint density at radius 3 is 2.77 bits per heavy atom. The number of halogens is 1. The summed E-state index contributed by atoms with van der Waals surface area (Å²) in [7, 11) is 0. The van der Waals surface area contributed by atoms with Crippen molar-refractivity contribution in [3.63, 3.8) is 0 Å². The van der Waals surface area contributed by atoms with E-state index in [0.717, 1.165) is 5.56 Å². The van der Waals surface area contributed by atoms with Crippen molar-refractivity contribution < 1.29 is 4.79 Å². The molecule has 0 fully saturated rings. The molecule has 1 aliphatic rings. The first-order chi connectivity index (χ1) is 10.6. The molecule has 0 aliphatic heterocycles. The average molecular weight is 311 g/mol. The molecule has 1 aliphatic carbocycles. The fourth-order valence-corrected chi connectivity index (χ4v) is 3.14. The second kappa shape index (κ2) is 4.78. The van der Waals surface area contributed by atoms with E-state index in [9.17, 15) is 9.59 Å². The van der Waals surface area contributed by atoms with Gasteiger partial charge in [0.05, 0.1) is 17.0 Å². The van der Waals surface area contributed by atoms with Gasteiger partial charge in [-0.25, -0.2) is 4.98 Å². The molecule has 0 saturated heterocycles. The van der Waals surface area contributed by atoms with Crippen LogP contribution in [-0.2, 0) is 6.42 Å². The van der Waals surface area contributed by atoms with Crippen molar-refractivity contribution in [2.24, 2.45) is 0 Å². The molecule has 0 bridgehead atoms. The predicted molar refractivity (Wildman–Crippen MR) is 84.6 cm³/mol. The Labute approximate surface area is 130 Å². The number of ketones is 1. The molecule has 0 amide bonds. The molecule has 1 atom stereocenters. The van der Waals surface area contributed by atoms with E-state index in [1.807, 2.05) is 18.2 Å². The third kappa shape index (κ3) is 1.96. The fourth-order valence-electron chi connectivity index (χ4n) is 2.97. The van der Waals surface area contributed by atoms with Crippen molar-refractivity contribution in [3.05, 3.63) is 74.7 Å². The van der Waals surface area contributed by atoms with Gasteiger partial charge < -0.3 is 4.98 Å². The van der Waals surface area contributed by atoms with Crippen molar-refractivity contribution in [3.8, 4) is 0 Å². The van der Waals surface area contributed by atoms with Gasteiger partial charge in [-0.05, 0) is 30.2 Å². The van der Waals surface area contributed by atoms with E-state index in [-0.39, 0.29) is 17.0 Å². The van der Waals surface area contributed by atoms with Crippen molar-refractivity contribution >= 4 is 28.4 Å². The van der Waals surface area contributed by atoms with Gasteiger partial charge in [0.25, 0.3) is 5.56 Å². The highest BCUT2D eigenvalue weighted by Gasteiger charge is 2.34. The Morgan fingerprint density at radius 1 is 1.14 bits per heavy atom. The van der Waals surface area contributed by atoms with Gasteiger partial charge in [0.2, 0.25) is 0 Å². The van der Waals surface area contributed by atoms with Gasteiger partial charge in [0, 0.05) is 10.6 Å². The Bertz CT molecular complexity index is 978. The van der Waals surface area contributed by atoms with Crippen LogP contribution in [0.5, 0.6) is 0 Å². The zero-order chi connectivity index (χ0) is 15.3. The molecule has 0 spiro atoms. The minimum Gasteiger partial charge on any atom is -0.319 e. The number of H-pyrrole nitrogens is 1. The van der Waals surface area contributed by atoms with E-state index in [1.54, 1.807) is 24.3 Å². The molecule has 108 valence electrons. The van der Waals surface area contributed by atoms with E-state index in [0.29, 0.717) is 28.0 Å². The van der Waals surface area contributed by atoms with Gasteiger partial charge in [-0.1, -0.05) is 35.9 Å². The number of aromatic nitrogens is 2. The van der Waals surface area contributed by atoms with Gasteiger partial charge in [-0.3, -0.25) is 9.59 Å². The lowest BCUT2D eigenvalue weighted by Gasteiger charge is -2.08. The maximum absolute atomic E-state index is 12.5. The lowest BCUT2D eigenvalue weighted by molar-refractivity contribution is 0.0971. The van der Waals surface area contributed by atoms with Gasteiger partial charge in [0.1, 0.15) is 5.69 Å². The summed E-state index contributed by atoms with van der Waals surface area (Å²) in [5.41, 5.74) is 2.80. The summed E-state index contributed by atoms with van der Waals surface area (Å²) in [5.74, 6) is -0.553. The van der Waals surface area contributed by atoms with Gasteiger partial charge in [-0.15, -0.1) is 0 Å². The smallest absolute Gasteiger partial charge is 0.270 e. The van der Waals surface area contributed by atoms with Crippen LogP contribution < -0.4 is 5.56 Å². The number of aromatic amines is 1. The topological polar surface area (TPSA) is 62.8 Å². The summed E-state index contributed by atoms with van der Waals surface area (Å²) in [4.78, 5) is 32.0. The van der Waals surface area contributed by atoms with E-state index in [4.69, 9.17) is 11.6 Å². The molecule has 1 N–H and O–H groups in total. The lowest BCUT2D eigenvalue weighted by Crippen LogP contribution is -2.22. The van der Waals surface area contributed by atoms with Crippen molar-refractivity contribution in [1.82, 2.24) is 9.97 Å². The highest BCUT2D eigenvalue weighted by Crippen LogP contribution is 2.32. The standard InChI is InChI=1S/C17H11ClN2O2/c18-10-5-6-13-14(8-10)20-17(22)15(19-13)12-7-9-3-1-2-4-11(9)16(12)21/h1-6,8,12H,7H2,(H,20,22)/t12-/m1/s1. The van der Waals surface area contributed by atoms with Crippen LogP contribution in [0.3, 0.4) is 0 Å². The monoisotopic (exact) mass is 310 g/mol. The molecule has 4 nitrogen and oxygen atoms in total. The van der Waals surface area contributed by atoms with Crippen LogP contribution in [0.15, 0.2) is 47.3 Å². The normalized spacial score (nSPS) is 17.0. The molecular formula is C17H11ClN2O2. The molecule has 1 heterocycles. The van der Waals surface area contributed by atoms with Gasteiger partial charge >= 0.3 is 0 Å². The Kier molecular flexibility index (Phi) is 2.87. The molecule has 0 unspecified atom stereocenters.